The maximum Gasteiger partial charge on any atom is 0.162 e. The lowest BCUT2D eigenvalue weighted by Crippen LogP contribution is -2.25. The van der Waals surface area contributed by atoms with Crippen LogP contribution < -0.4 is 14.8 Å². The van der Waals surface area contributed by atoms with Crippen LogP contribution >= 0.6 is 15.9 Å². The van der Waals surface area contributed by atoms with Gasteiger partial charge in [-0.15, -0.1) is 0 Å². The Morgan fingerprint density at radius 3 is 2.30 bits per heavy atom. The maximum absolute atomic E-state index is 5.68. The number of benzene rings is 1. The Morgan fingerprint density at radius 1 is 1.10 bits per heavy atom. The molecule has 1 N–H and O–H groups in total. The summed E-state index contributed by atoms with van der Waals surface area (Å²) in [7, 11) is 0. The first-order valence-electron chi connectivity index (χ1n) is 7.56. The van der Waals surface area contributed by atoms with Gasteiger partial charge in [-0.3, -0.25) is 0 Å². The minimum atomic E-state index is 0.645. The highest BCUT2D eigenvalue weighted by molar-refractivity contribution is 9.10. The fourth-order valence-electron chi connectivity index (χ4n) is 2.63. The molecule has 1 aromatic carbocycles. The van der Waals surface area contributed by atoms with Gasteiger partial charge in [0.05, 0.1) is 13.2 Å². The van der Waals surface area contributed by atoms with Crippen molar-refractivity contribution in [2.45, 2.75) is 52.1 Å². The van der Waals surface area contributed by atoms with E-state index in [9.17, 15) is 0 Å². The average molecular weight is 342 g/mol. The van der Waals surface area contributed by atoms with Crippen molar-refractivity contribution in [3.05, 3.63) is 22.2 Å². The van der Waals surface area contributed by atoms with Crippen LogP contribution in [0.2, 0.25) is 0 Å². The Balaban J connectivity index is 2.08. The van der Waals surface area contributed by atoms with Crippen molar-refractivity contribution in [3.8, 4) is 11.5 Å². The lowest BCUT2D eigenvalue weighted by molar-refractivity contribution is 0.287. The van der Waals surface area contributed by atoms with Gasteiger partial charge < -0.3 is 14.8 Å². The lowest BCUT2D eigenvalue weighted by atomic mass is 10.1. The molecule has 0 spiro atoms. The molecule has 0 radical (unpaired) electrons. The SMILES string of the molecule is CCOc1cc(Br)c(CNC2CCCC2)cc1OCC. The molecule has 0 aliphatic heterocycles. The number of ether oxygens (including phenoxy) is 2. The van der Waals surface area contributed by atoms with Crippen LogP contribution in [-0.2, 0) is 6.54 Å². The van der Waals surface area contributed by atoms with E-state index >= 15 is 0 Å². The molecule has 0 unspecified atom stereocenters. The third-order valence-corrected chi connectivity index (χ3v) is 4.39. The quantitative estimate of drug-likeness (QED) is 0.802. The molecule has 4 heteroatoms. The number of hydrogen-bond acceptors (Lipinski definition) is 3. The van der Waals surface area contributed by atoms with Crippen LogP contribution in [0.15, 0.2) is 16.6 Å². The van der Waals surface area contributed by atoms with E-state index < -0.39 is 0 Å². The normalized spacial score (nSPS) is 15.6. The summed E-state index contributed by atoms with van der Waals surface area (Å²) in [5.74, 6) is 1.65. The number of rotatable bonds is 7. The molecule has 3 nitrogen and oxygen atoms in total. The lowest BCUT2D eigenvalue weighted by Gasteiger charge is -2.16. The molecule has 0 heterocycles. The summed E-state index contributed by atoms with van der Waals surface area (Å²) in [6.07, 6.45) is 5.30. The zero-order valence-electron chi connectivity index (χ0n) is 12.4. The molecule has 1 aliphatic carbocycles. The fraction of sp³-hybridized carbons (Fsp3) is 0.625. The second-order valence-corrected chi connectivity index (χ2v) is 5.97. The van der Waals surface area contributed by atoms with Crippen LogP contribution in [0, 0.1) is 0 Å². The van der Waals surface area contributed by atoms with Crippen LogP contribution in [0.1, 0.15) is 45.1 Å². The molecule has 0 amide bonds. The van der Waals surface area contributed by atoms with Crippen molar-refractivity contribution in [2.75, 3.05) is 13.2 Å². The van der Waals surface area contributed by atoms with Crippen LogP contribution in [0.5, 0.6) is 11.5 Å². The van der Waals surface area contributed by atoms with E-state index in [4.69, 9.17) is 9.47 Å². The van der Waals surface area contributed by atoms with Crippen molar-refractivity contribution in [1.82, 2.24) is 5.32 Å². The monoisotopic (exact) mass is 341 g/mol. The molecule has 0 aromatic heterocycles. The Hall–Kier alpha value is -0.740. The highest BCUT2D eigenvalue weighted by Gasteiger charge is 2.16. The first-order valence-corrected chi connectivity index (χ1v) is 8.35. The van der Waals surface area contributed by atoms with E-state index in [1.165, 1.54) is 31.2 Å². The smallest absolute Gasteiger partial charge is 0.162 e. The Labute approximate surface area is 130 Å². The highest BCUT2D eigenvalue weighted by atomic mass is 79.9. The zero-order valence-corrected chi connectivity index (χ0v) is 14.0. The second kappa shape index (κ2) is 7.89. The zero-order chi connectivity index (χ0) is 14.4. The summed E-state index contributed by atoms with van der Waals surface area (Å²) < 4.78 is 12.4. The molecule has 0 saturated heterocycles. The number of hydrogen-bond donors (Lipinski definition) is 1. The second-order valence-electron chi connectivity index (χ2n) is 5.12. The molecule has 1 saturated carbocycles. The summed E-state index contributed by atoms with van der Waals surface area (Å²) in [4.78, 5) is 0. The van der Waals surface area contributed by atoms with Crippen molar-refractivity contribution in [3.63, 3.8) is 0 Å². The van der Waals surface area contributed by atoms with E-state index in [-0.39, 0.29) is 0 Å². The van der Waals surface area contributed by atoms with Gasteiger partial charge in [0.25, 0.3) is 0 Å². The predicted octanol–water partition coefficient (Wildman–Crippen LogP) is 4.28. The van der Waals surface area contributed by atoms with Gasteiger partial charge in [0, 0.05) is 17.1 Å². The van der Waals surface area contributed by atoms with E-state index in [0.29, 0.717) is 19.3 Å². The average Bonchev–Trinajstić information content (AvgIpc) is 2.94. The van der Waals surface area contributed by atoms with E-state index in [1.54, 1.807) is 0 Å². The standard InChI is InChI=1S/C16H24BrNO2/c1-3-19-15-9-12(11-18-13-7-5-6-8-13)14(17)10-16(15)20-4-2/h9-10,13,18H,3-8,11H2,1-2H3. The molecule has 0 atom stereocenters. The van der Waals surface area contributed by atoms with Crippen molar-refractivity contribution in [1.29, 1.82) is 0 Å². The van der Waals surface area contributed by atoms with Gasteiger partial charge in [-0.1, -0.05) is 28.8 Å². The largest absolute Gasteiger partial charge is 0.490 e. The molecule has 1 aliphatic rings. The summed E-state index contributed by atoms with van der Waals surface area (Å²) in [6.45, 7) is 6.15. The molecular weight excluding hydrogens is 318 g/mol. The van der Waals surface area contributed by atoms with E-state index in [1.807, 2.05) is 19.9 Å². The van der Waals surface area contributed by atoms with Crippen molar-refractivity contribution in [2.24, 2.45) is 0 Å². The van der Waals surface area contributed by atoms with E-state index in [2.05, 4.69) is 27.3 Å². The van der Waals surface area contributed by atoms with Crippen LogP contribution in [0.4, 0.5) is 0 Å². The number of nitrogens with one attached hydrogen (secondary N) is 1. The minimum absolute atomic E-state index is 0.645. The summed E-state index contributed by atoms with van der Waals surface area (Å²) in [5.41, 5.74) is 1.23. The van der Waals surface area contributed by atoms with Crippen LogP contribution in [-0.4, -0.2) is 19.3 Å². The summed E-state index contributed by atoms with van der Waals surface area (Å²) >= 11 is 3.64. The Morgan fingerprint density at radius 2 is 1.70 bits per heavy atom. The van der Waals surface area contributed by atoms with Gasteiger partial charge in [-0.25, -0.2) is 0 Å². The Kier molecular flexibility index (Phi) is 6.17. The van der Waals surface area contributed by atoms with Gasteiger partial charge in [-0.05, 0) is 44.4 Å². The minimum Gasteiger partial charge on any atom is -0.490 e. The van der Waals surface area contributed by atoms with E-state index in [0.717, 1.165) is 22.5 Å². The summed E-state index contributed by atoms with van der Waals surface area (Å²) in [5, 5.41) is 3.63. The molecule has 1 aromatic rings. The number of halogens is 1. The molecule has 0 bridgehead atoms. The predicted molar refractivity (Wildman–Crippen MR) is 85.6 cm³/mol. The van der Waals surface area contributed by atoms with Crippen LogP contribution in [0.25, 0.3) is 0 Å². The van der Waals surface area contributed by atoms with Gasteiger partial charge >= 0.3 is 0 Å². The van der Waals surface area contributed by atoms with Gasteiger partial charge in [0.1, 0.15) is 0 Å². The van der Waals surface area contributed by atoms with Crippen molar-refractivity contribution >= 4 is 15.9 Å². The highest BCUT2D eigenvalue weighted by Crippen LogP contribution is 2.34. The van der Waals surface area contributed by atoms with Gasteiger partial charge in [0.2, 0.25) is 0 Å². The Bertz CT molecular complexity index is 431. The molecule has 112 valence electrons. The molecule has 1 fully saturated rings. The topological polar surface area (TPSA) is 30.5 Å². The maximum atomic E-state index is 5.68. The molecule has 2 rings (SSSR count). The van der Waals surface area contributed by atoms with Crippen molar-refractivity contribution < 1.29 is 9.47 Å². The third kappa shape index (κ3) is 4.13. The third-order valence-electron chi connectivity index (χ3n) is 3.65. The first-order chi connectivity index (χ1) is 9.74. The molecule has 20 heavy (non-hydrogen) atoms. The first kappa shape index (κ1) is 15.6. The summed E-state index contributed by atoms with van der Waals surface area (Å²) in [6, 6.07) is 4.77. The fourth-order valence-corrected chi connectivity index (χ4v) is 3.10. The molecular formula is C16H24BrNO2. The van der Waals surface area contributed by atoms with Gasteiger partial charge in [-0.2, -0.15) is 0 Å². The van der Waals surface area contributed by atoms with Gasteiger partial charge in [0.15, 0.2) is 11.5 Å². The van der Waals surface area contributed by atoms with Crippen LogP contribution in [0.3, 0.4) is 0 Å².